The Kier molecular flexibility index (Phi) is 3.34. The molecule has 0 aromatic rings. The van der Waals surface area contributed by atoms with Crippen LogP contribution < -0.4 is 5.73 Å². The summed E-state index contributed by atoms with van der Waals surface area (Å²) < 4.78 is 0. The van der Waals surface area contributed by atoms with Crippen LogP contribution >= 0.6 is 0 Å². The lowest BCUT2D eigenvalue weighted by Gasteiger charge is -2.00. The number of hydrogen-bond donors (Lipinski definition) is 3. The number of carbonyl (C=O) groups excluding carboxylic acids is 1. The molecule has 1 atom stereocenters. The summed E-state index contributed by atoms with van der Waals surface area (Å²) in [4.78, 5) is 10.2. The molecule has 0 amide bonds. The standard InChI is InChI=1S/C4H9NO3/c5-1-3(7)4(8)2-6/h3,6-7H,1-2,5H2. The number of hydrogen-bond acceptors (Lipinski definition) is 4. The maximum Gasteiger partial charge on any atom is 0.187 e. The Hall–Kier alpha value is -0.450. The van der Waals surface area contributed by atoms with Crippen LogP contribution in [0.3, 0.4) is 0 Å². The zero-order valence-corrected chi connectivity index (χ0v) is 4.37. The number of rotatable bonds is 3. The first kappa shape index (κ1) is 7.55. The van der Waals surface area contributed by atoms with Crippen LogP contribution in [0.5, 0.6) is 0 Å². The highest BCUT2D eigenvalue weighted by molar-refractivity contribution is 5.83. The first-order valence-corrected chi connectivity index (χ1v) is 2.24. The minimum Gasteiger partial charge on any atom is -0.388 e. The molecule has 4 nitrogen and oxygen atoms in total. The summed E-state index contributed by atoms with van der Waals surface area (Å²) in [5, 5.41) is 16.6. The molecule has 0 aliphatic heterocycles. The van der Waals surface area contributed by atoms with Gasteiger partial charge in [0.1, 0.15) is 12.7 Å². The van der Waals surface area contributed by atoms with Gasteiger partial charge in [0.25, 0.3) is 0 Å². The van der Waals surface area contributed by atoms with E-state index < -0.39 is 18.5 Å². The number of carbonyl (C=O) groups is 1. The molecule has 0 radical (unpaired) electrons. The number of aliphatic hydroxyl groups excluding tert-OH is 2. The normalized spacial score (nSPS) is 13.4. The topological polar surface area (TPSA) is 83.5 Å². The summed E-state index contributed by atoms with van der Waals surface area (Å²) in [7, 11) is 0. The van der Waals surface area contributed by atoms with E-state index in [4.69, 9.17) is 15.9 Å². The third-order valence-corrected chi connectivity index (χ3v) is 0.751. The van der Waals surface area contributed by atoms with Gasteiger partial charge in [0, 0.05) is 6.54 Å². The lowest BCUT2D eigenvalue weighted by atomic mass is 10.2. The molecule has 0 spiro atoms. The minimum atomic E-state index is -1.19. The van der Waals surface area contributed by atoms with Gasteiger partial charge in [-0.05, 0) is 0 Å². The maximum absolute atomic E-state index is 10.2. The number of ketones is 1. The van der Waals surface area contributed by atoms with E-state index in [0.29, 0.717) is 0 Å². The SMILES string of the molecule is NCC(O)C(=O)CO. The third-order valence-electron chi connectivity index (χ3n) is 0.751. The van der Waals surface area contributed by atoms with Crippen LogP contribution in [0, 0.1) is 0 Å². The van der Waals surface area contributed by atoms with Crippen LogP contribution in [-0.4, -0.2) is 35.3 Å². The van der Waals surface area contributed by atoms with Gasteiger partial charge >= 0.3 is 0 Å². The maximum atomic E-state index is 10.2. The predicted octanol–water partition coefficient (Wildman–Crippen LogP) is -2.13. The average Bonchev–Trinajstić information content (AvgIpc) is 1.84. The van der Waals surface area contributed by atoms with Gasteiger partial charge in [0.2, 0.25) is 0 Å². The molecule has 0 rings (SSSR count). The van der Waals surface area contributed by atoms with Gasteiger partial charge in [-0.2, -0.15) is 0 Å². The summed E-state index contributed by atoms with van der Waals surface area (Å²) in [6, 6.07) is 0. The largest absolute Gasteiger partial charge is 0.388 e. The van der Waals surface area contributed by atoms with Gasteiger partial charge in [-0.25, -0.2) is 0 Å². The number of nitrogens with two attached hydrogens (primary N) is 1. The highest BCUT2D eigenvalue weighted by atomic mass is 16.3. The van der Waals surface area contributed by atoms with Gasteiger partial charge in [-0.1, -0.05) is 0 Å². The van der Waals surface area contributed by atoms with Crippen molar-refractivity contribution in [2.75, 3.05) is 13.2 Å². The zero-order chi connectivity index (χ0) is 6.57. The van der Waals surface area contributed by atoms with Crippen molar-refractivity contribution < 1.29 is 15.0 Å². The Morgan fingerprint density at radius 2 is 2.25 bits per heavy atom. The van der Waals surface area contributed by atoms with Crippen LogP contribution in [0.4, 0.5) is 0 Å². The van der Waals surface area contributed by atoms with Gasteiger partial charge in [-0.15, -0.1) is 0 Å². The van der Waals surface area contributed by atoms with Crippen LogP contribution in [0.15, 0.2) is 0 Å². The second-order valence-corrected chi connectivity index (χ2v) is 1.38. The van der Waals surface area contributed by atoms with Crippen LogP contribution in [0.1, 0.15) is 0 Å². The second kappa shape index (κ2) is 3.54. The first-order chi connectivity index (χ1) is 3.72. The number of Topliss-reactive ketones (excluding diaryl/α,β-unsaturated/α-hetero) is 1. The summed E-state index contributed by atoms with van der Waals surface area (Å²) in [5.41, 5.74) is 4.87. The van der Waals surface area contributed by atoms with E-state index in [1.807, 2.05) is 0 Å². The third kappa shape index (κ3) is 2.02. The minimum absolute atomic E-state index is 0.126. The Morgan fingerprint density at radius 3 is 2.38 bits per heavy atom. The van der Waals surface area contributed by atoms with E-state index in [1.54, 1.807) is 0 Å². The first-order valence-electron chi connectivity index (χ1n) is 2.24. The number of aliphatic hydroxyl groups is 2. The fraction of sp³-hybridized carbons (Fsp3) is 0.750. The van der Waals surface area contributed by atoms with Gasteiger partial charge in [0.15, 0.2) is 5.78 Å². The zero-order valence-electron chi connectivity index (χ0n) is 4.37. The summed E-state index contributed by atoms with van der Waals surface area (Å²) >= 11 is 0. The fourth-order valence-corrected chi connectivity index (χ4v) is 0.237. The quantitative estimate of drug-likeness (QED) is 0.396. The van der Waals surface area contributed by atoms with E-state index in [0.717, 1.165) is 0 Å². The van der Waals surface area contributed by atoms with E-state index in [2.05, 4.69) is 0 Å². The van der Waals surface area contributed by atoms with Crippen molar-refractivity contribution in [2.24, 2.45) is 5.73 Å². The van der Waals surface area contributed by atoms with Gasteiger partial charge in [-0.3, -0.25) is 4.79 Å². The van der Waals surface area contributed by atoms with Crippen molar-refractivity contribution in [2.45, 2.75) is 6.10 Å². The summed E-state index contributed by atoms with van der Waals surface area (Å²) in [6.45, 7) is -0.766. The van der Waals surface area contributed by atoms with Crippen LogP contribution in [0.2, 0.25) is 0 Å². The van der Waals surface area contributed by atoms with Crippen molar-refractivity contribution in [1.82, 2.24) is 0 Å². The van der Waals surface area contributed by atoms with Gasteiger partial charge < -0.3 is 15.9 Å². The molecule has 0 fully saturated rings. The molecule has 48 valence electrons. The lowest BCUT2D eigenvalue weighted by Crippen LogP contribution is -2.31. The highest BCUT2D eigenvalue weighted by Crippen LogP contribution is 1.78. The Bertz CT molecular complexity index is 83.4. The van der Waals surface area contributed by atoms with E-state index in [9.17, 15) is 4.79 Å². The molecular weight excluding hydrogens is 110 g/mol. The van der Waals surface area contributed by atoms with E-state index in [-0.39, 0.29) is 6.54 Å². The molecule has 0 aromatic heterocycles. The molecule has 0 saturated carbocycles. The summed E-state index contributed by atoms with van der Waals surface area (Å²) in [5.74, 6) is -0.632. The van der Waals surface area contributed by atoms with Crippen molar-refractivity contribution in [3.8, 4) is 0 Å². The Labute approximate surface area is 46.9 Å². The molecule has 4 heteroatoms. The van der Waals surface area contributed by atoms with E-state index >= 15 is 0 Å². The second-order valence-electron chi connectivity index (χ2n) is 1.38. The molecular formula is C4H9NO3. The van der Waals surface area contributed by atoms with Crippen molar-refractivity contribution in [3.05, 3.63) is 0 Å². The van der Waals surface area contributed by atoms with Gasteiger partial charge in [0.05, 0.1) is 0 Å². The molecule has 0 aliphatic rings. The molecule has 1 unspecified atom stereocenters. The van der Waals surface area contributed by atoms with Crippen LogP contribution in [0.25, 0.3) is 0 Å². The molecule has 0 aliphatic carbocycles. The molecule has 0 saturated heterocycles. The Morgan fingerprint density at radius 1 is 1.75 bits per heavy atom. The fourth-order valence-electron chi connectivity index (χ4n) is 0.237. The molecule has 0 aromatic carbocycles. The summed E-state index contributed by atoms with van der Waals surface area (Å²) in [6.07, 6.45) is -1.19. The molecule has 4 N–H and O–H groups in total. The van der Waals surface area contributed by atoms with Crippen molar-refractivity contribution >= 4 is 5.78 Å². The molecule has 0 bridgehead atoms. The van der Waals surface area contributed by atoms with Crippen LogP contribution in [-0.2, 0) is 4.79 Å². The smallest absolute Gasteiger partial charge is 0.187 e. The highest BCUT2D eigenvalue weighted by Gasteiger charge is 2.09. The van der Waals surface area contributed by atoms with Crippen molar-refractivity contribution in [1.29, 1.82) is 0 Å². The lowest BCUT2D eigenvalue weighted by molar-refractivity contribution is -0.129. The average molecular weight is 119 g/mol. The molecule has 0 heterocycles. The van der Waals surface area contributed by atoms with E-state index in [1.165, 1.54) is 0 Å². The predicted molar refractivity (Wildman–Crippen MR) is 27.2 cm³/mol. The Balaban J connectivity index is 3.46. The molecule has 8 heavy (non-hydrogen) atoms. The monoisotopic (exact) mass is 119 g/mol. The van der Waals surface area contributed by atoms with Crippen molar-refractivity contribution in [3.63, 3.8) is 0 Å².